The summed E-state index contributed by atoms with van der Waals surface area (Å²) >= 11 is -22.2. The molecule has 6 aliphatic rings. The Balaban J connectivity index is 0.000000963. The van der Waals surface area contributed by atoms with E-state index in [0.29, 0.717) is 0 Å². The molecular weight excluding hydrogens is 715 g/mol. The molecule has 154 valence electrons. The average molecular weight is 717 g/mol. The van der Waals surface area contributed by atoms with Gasteiger partial charge in [0.25, 0.3) is 0 Å². The van der Waals surface area contributed by atoms with E-state index in [4.69, 9.17) is 48.3 Å². The van der Waals surface area contributed by atoms with Gasteiger partial charge in [0, 0.05) is 0 Å². The van der Waals surface area contributed by atoms with Crippen LogP contribution < -0.4 is 0 Å². The molecule has 19 nitrogen and oxygen atoms in total. The van der Waals surface area contributed by atoms with E-state index >= 15 is 0 Å². The molecule has 0 spiro atoms. The molecule has 6 rings (SSSR count). The number of hydrogen-bond acceptors (Lipinski definition) is 19. The van der Waals surface area contributed by atoms with Gasteiger partial charge < -0.3 is 59.2 Å². The zero-order valence-electron chi connectivity index (χ0n) is 15.5. The summed E-state index contributed by atoms with van der Waals surface area (Å²) in [7, 11) is 0. The van der Waals surface area contributed by atoms with Crippen LogP contribution in [0.1, 0.15) is 0 Å². The SMILES string of the molecule is [OH-].[OH-].[O]1[Al][O][Al]1[O][Al]1[O][Al]([O][Al]2[O][Al]([O][Al]3[O][Al]([O][Al]4[O][Al]([O][Al]5[O][Al][O]5)[O]4)[O]3)[O]2)[O]1.[Sr+2]. The first-order valence-corrected chi connectivity index (χ1v) is 24.0. The predicted octanol–water partition coefficient (Wildman–Crippen LogP) is -6.47. The molecule has 32 heteroatoms. The summed E-state index contributed by atoms with van der Waals surface area (Å²) < 4.78 is 91.8. The maximum atomic E-state index is 5.52. The summed E-state index contributed by atoms with van der Waals surface area (Å²) in [4.78, 5) is 0. The van der Waals surface area contributed by atoms with E-state index in [0.717, 1.165) is 0 Å². The van der Waals surface area contributed by atoms with E-state index in [1.54, 1.807) is 0 Å². The van der Waals surface area contributed by atoms with E-state index in [1.165, 1.54) is 0 Å². The normalized spacial score (nSPS) is 23.1. The Morgan fingerprint density at radius 1 is 0.344 bits per heavy atom. The molecule has 6 aliphatic heterocycles. The van der Waals surface area contributed by atoms with Gasteiger partial charge in [-0.05, 0) is 0 Å². The first-order valence-electron chi connectivity index (χ1n) is 8.01. The summed E-state index contributed by atoms with van der Waals surface area (Å²) in [6.07, 6.45) is 0. The molecule has 0 aromatic heterocycles. The Labute approximate surface area is 281 Å². The standard InChI is InChI=1S/12Al.2H2O.17O.Sr/h;;;;;;;;;;;;2*1H2;;;;;;;;;;;;;;;;;;/q;;;;;;;;;;;;;;;;;;;;;;;;;;;;;;;+2/p-2. The molecule has 6 fully saturated rings. The van der Waals surface area contributed by atoms with Gasteiger partial charge in [-0.15, -0.1) is 0 Å². The smallest absolute Gasteiger partial charge is 0.870 e. The monoisotopic (exact) mass is 718 g/mol. The molecule has 0 bridgehead atoms. The number of hydrogen-bond donors (Lipinski definition) is 0. The van der Waals surface area contributed by atoms with Crippen LogP contribution in [0.2, 0.25) is 0 Å². The van der Waals surface area contributed by atoms with Crippen molar-refractivity contribution in [3.8, 4) is 0 Å². The molecule has 0 amide bonds. The third-order valence-electron chi connectivity index (χ3n) is 3.56. The van der Waals surface area contributed by atoms with Gasteiger partial charge in [-0.25, -0.2) is 0 Å². The Morgan fingerprint density at radius 2 is 0.531 bits per heavy atom. The molecule has 2 radical (unpaired) electrons. The zero-order valence-corrected chi connectivity index (χ0v) is 32.8. The van der Waals surface area contributed by atoms with E-state index in [9.17, 15) is 0 Å². The maximum absolute atomic E-state index is 5.52. The first kappa shape index (κ1) is 33.6. The molecular formula is H2Al12O19Sr. The summed E-state index contributed by atoms with van der Waals surface area (Å²) in [6.45, 7) is 0. The van der Waals surface area contributed by atoms with Crippen LogP contribution in [0.4, 0.5) is 0 Å². The van der Waals surface area contributed by atoms with Crippen molar-refractivity contribution in [2.45, 2.75) is 0 Å². The molecule has 0 saturated carbocycles. The van der Waals surface area contributed by atoms with Crippen molar-refractivity contribution in [3.05, 3.63) is 0 Å². The average Bonchev–Trinajstić information content (AvgIpc) is 2.48. The van der Waals surface area contributed by atoms with Crippen LogP contribution in [0.25, 0.3) is 0 Å². The third-order valence-corrected chi connectivity index (χ3v) is 32.0. The van der Waals surface area contributed by atoms with E-state index in [2.05, 4.69) is 0 Å². The quantitative estimate of drug-likeness (QED) is 0.192. The maximum Gasteiger partial charge on any atom is 2.00 e. The van der Waals surface area contributed by atoms with Crippen LogP contribution in [-0.4, -0.2) is 240 Å². The van der Waals surface area contributed by atoms with Gasteiger partial charge in [0.15, 0.2) is 0 Å². The van der Waals surface area contributed by atoms with Gasteiger partial charge >= 0.3 is 229 Å². The second kappa shape index (κ2) is 16.7. The zero-order chi connectivity index (χ0) is 19.2. The van der Waals surface area contributed by atoms with Crippen LogP contribution in [0.5, 0.6) is 0 Å². The van der Waals surface area contributed by atoms with Gasteiger partial charge in [-0.1, -0.05) is 0 Å². The van der Waals surface area contributed by atoms with Crippen LogP contribution in [-0.2, 0) is 48.3 Å². The molecule has 0 atom stereocenters. The second-order valence-electron chi connectivity index (χ2n) is 5.39. The van der Waals surface area contributed by atoms with Crippen molar-refractivity contribution in [1.82, 2.24) is 0 Å². The van der Waals surface area contributed by atoms with Gasteiger partial charge in [0.05, 0.1) is 0 Å². The Kier molecular flexibility index (Phi) is 17.5. The van der Waals surface area contributed by atoms with E-state index < -0.39 is 151 Å². The fraction of sp³-hybridized carbons (Fsp3) is 0. The molecule has 0 aliphatic carbocycles. The summed E-state index contributed by atoms with van der Waals surface area (Å²) in [5, 5.41) is 0. The van der Waals surface area contributed by atoms with Crippen molar-refractivity contribution in [2.75, 3.05) is 0 Å². The van der Waals surface area contributed by atoms with Crippen LogP contribution >= 0.6 is 0 Å². The van der Waals surface area contributed by atoms with Crippen molar-refractivity contribution >= 4 is 229 Å². The van der Waals surface area contributed by atoms with Gasteiger partial charge in [0.2, 0.25) is 0 Å². The van der Waals surface area contributed by atoms with E-state index in [-0.39, 0.29) is 88.2 Å². The number of rotatable bonds is 10. The Hall–Kier alpha value is 7.11. The molecule has 0 unspecified atom stereocenters. The Morgan fingerprint density at radius 3 is 0.688 bits per heavy atom. The molecule has 32 heavy (non-hydrogen) atoms. The minimum absolute atomic E-state index is 0. The minimum atomic E-state index is -2.25. The summed E-state index contributed by atoms with van der Waals surface area (Å²) in [5.74, 6) is 0. The fourth-order valence-electron chi connectivity index (χ4n) is 2.06. The first-order chi connectivity index (χ1) is 14.2. The van der Waals surface area contributed by atoms with Crippen LogP contribution in [0.15, 0.2) is 0 Å². The third kappa shape index (κ3) is 9.57. The molecule has 0 aromatic carbocycles. The fourth-order valence-corrected chi connectivity index (χ4v) is 30.1. The molecule has 6 heterocycles. The predicted molar refractivity (Wildman–Crippen MR) is 97.1 cm³/mol. The van der Waals surface area contributed by atoms with E-state index in [1.807, 2.05) is 0 Å². The van der Waals surface area contributed by atoms with Crippen molar-refractivity contribution in [2.24, 2.45) is 0 Å². The van der Waals surface area contributed by atoms with Gasteiger partial charge in [-0.2, -0.15) is 0 Å². The van der Waals surface area contributed by atoms with Gasteiger partial charge in [0.1, 0.15) is 0 Å². The molecule has 6 saturated heterocycles. The van der Waals surface area contributed by atoms with Crippen molar-refractivity contribution in [3.63, 3.8) is 0 Å². The van der Waals surface area contributed by atoms with Gasteiger partial charge in [-0.3, -0.25) is 0 Å². The Bertz CT molecular complexity index is 507. The topological polar surface area (TPSA) is 217 Å². The molecule has 2 N–H and O–H groups in total. The summed E-state index contributed by atoms with van der Waals surface area (Å²) in [5.41, 5.74) is 0. The summed E-state index contributed by atoms with van der Waals surface area (Å²) in [6, 6.07) is 0. The second-order valence-corrected chi connectivity index (χ2v) is 30.1. The molecule has 0 aromatic rings. The largest absolute Gasteiger partial charge is 2.00 e. The van der Waals surface area contributed by atoms with Crippen LogP contribution in [0, 0.1) is 0 Å². The van der Waals surface area contributed by atoms with Crippen molar-refractivity contribution < 1.29 is 59.2 Å². The van der Waals surface area contributed by atoms with Crippen LogP contribution in [0.3, 0.4) is 0 Å². The minimum Gasteiger partial charge on any atom is -0.870 e. The van der Waals surface area contributed by atoms with Crippen molar-refractivity contribution in [1.29, 1.82) is 0 Å².